The molecule has 0 aromatic heterocycles. The summed E-state index contributed by atoms with van der Waals surface area (Å²) < 4.78 is 43.3. The van der Waals surface area contributed by atoms with Gasteiger partial charge in [0.25, 0.3) is 5.91 Å². The molecular formula is C16H16F3NO2. The number of nitrogens with zero attached hydrogens (tertiary/aromatic N) is 1. The molecule has 1 fully saturated rings. The van der Waals surface area contributed by atoms with E-state index in [1.54, 1.807) is 4.90 Å². The third-order valence-corrected chi connectivity index (χ3v) is 4.26. The molecule has 1 amide bonds. The second-order valence-electron chi connectivity index (χ2n) is 5.53. The summed E-state index contributed by atoms with van der Waals surface area (Å²) in [5.41, 5.74) is 0.633. The minimum Gasteiger partial charge on any atom is -0.491 e. The predicted molar refractivity (Wildman–Crippen MR) is 74.7 cm³/mol. The fraction of sp³-hybridized carbons (Fsp3) is 0.438. The van der Waals surface area contributed by atoms with E-state index in [0.717, 1.165) is 31.4 Å². The van der Waals surface area contributed by atoms with Crippen molar-refractivity contribution in [2.75, 3.05) is 13.7 Å². The zero-order chi connectivity index (χ0) is 15.9. The summed E-state index contributed by atoms with van der Waals surface area (Å²) in [6.45, 7) is 0.667. The Balaban J connectivity index is 2.01. The highest BCUT2D eigenvalue weighted by atomic mass is 19.4. The Labute approximate surface area is 126 Å². The zero-order valence-electron chi connectivity index (χ0n) is 12.1. The molecule has 2 aliphatic rings. The maximum absolute atomic E-state index is 12.7. The molecule has 1 unspecified atom stereocenters. The average Bonchev–Trinajstić information content (AvgIpc) is 2.79. The summed E-state index contributed by atoms with van der Waals surface area (Å²) in [6.07, 6.45) is -1.61. The minimum atomic E-state index is -4.36. The Morgan fingerprint density at radius 3 is 2.45 bits per heavy atom. The maximum Gasteiger partial charge on any atom is 0.416 e. The predicted octanol–water partition coefficient (Wildman–Crippen LogP) is 3.46. The molecule has 0 radical (unpaired) electrons. The molecule has 2 aliphatic heterocycles. The van der Waals surface area contributed by atoms with Gasteiger partial charge in [-0.15, -0.1) is 0 Å². The summed E-state index contributed by atoms with van der Waals surface area (Å²) in [5.74, 6) is 0.0914. The van der Waals surface area contributed by atoms with E-state index in [0.29, 0.717) is 17.7 Å². The number of amides is 1. The van der Waals surface area contributed by atoms with Gasteiger partial charge in [0.1, 0.15) is 0 Å². The lowest BCUT2D eigenvalue weighted by molar-refractivity contribution is -0.137. The fourth-order valence-electron chi connectivity index (χ4n) is 3.23. The Kier molecular flexibility index (Phi) is 3.62. The van der Waals surface area contributed by atoms with E-state index in [1.807, 2.05) is 0 Å². The first kappa shape index (κ1) is 14.9. The lowest BCUT2D eigenvalue weighted by atomic mass is 9.92. The molecule has 1 aromatic rings. The van der Waals surface area contributed by atoms with Gasteiger partial charge in [-0.1, -0.05) is 12.1 Å². The number of ether oxygens (including phenoxy) is 1. The molecule has 1 aromatic carbocycles. The van der Waals surface area contributed by atoms with Gasteiger partial charge in [-0.3, -0.25) is 4.79 Å². The maximum atomic E-state index is 12.7. The Bertz CT molecular complexity index is 619. The van der Waals surface area contributed by atoms with Crippen LogP contribution >= 0.6 is 0 Å². The highest BCUT2D eigenvalue weighted by Crippen LogP contribution is 2.39. The number of methoxy groups -OCH3 is 1. The van der Waals surface area contributed by atoms with Gasteiger partial charge in [-0.25, -0.2) is 0 Å². The van der Waals surface area contributed by atoms with Crippen LogP contribution in [0.5, 0.6) is 0 Å². The number of piperidine rings is 1. The van der Waals surface area contributed by atoms with Crippen molar-refractivity contribution in [3.05, 3.63) is 41.2 Å². The van der Waals surface area contributed by atoms with Crippen molar-refractivity contribution in [2.45, 2.75) is 31.5 Å². The first-order chi connectivity index (χ1) is 10.4. The van der Waals surface area contributed by atoms with Gasteiger partial charge in [0, 0.05) is 12.1 Å². The topological polar surface area (TPSA) is 29.5 Å². The lowest BCUT2D eigenvalue weighted by Crippen LogP contribution is -2.39. The summed E-state index contributed by atoms with van der Waals surface area (Å²) in [5, 5.41) is 0. The molecule has 2 heterocycles. The van der Waals surface area contributed by atoms with E-state index in [9.17, 15) is 18.0 Å². The van der Waals surface area contributed by atoms with Gasteiger partial charge in [-0.05, 0) is 37.0 Å². The van der Waals surface area contributed by atoms with E-state index >= 15 is 0 Å². The number of benzene rings is 1. The molecule has 22 heavy (non-hydrogen) atoms. The summed E-state index contributed by atoms with van der Waals surface area (Å²) in [7, 11) is 1.43. The van der Waals surface area contributed by atoms with Crippen LogP contribution in [0.25, 0.3) is 5.57 Å². The molecule has 0 spiro atoms. The van der Waals surface area contributed by atoms with E-state index in [-0.39, 0.29) is 17.7 Å². The van der Waals surface area contributed by atoms with Crippen molar-refractivity contribution in [1.29, 1.82) is 0 Å². The smallest absolute Gasteiger partial charge is 0.416 e. The monoisotopic (exact) mass is 311 g/mol. The molecule has 1 saturated heterocycles. The van der Waals surface area contributed by atoms with Crippen LogP contribution < -0.4 is 0 Å². The molecular weight excluding hydrogens is 295 g/mol. The normalized spacial score (nSPS) is 22.1. The van der Waals surface area contributed by atoms with Gasteiger partial charge >= 0.3 is 6.18 Å². The van der Waals surface area contributed by atoms with Crippen molar-refractivity contribution >= 4 is 11.5 Å². The molecule has 0 bridgehead atoms. The number of alkyl halides is 3. The SMILES string of the molecule is COC1=C(c2ccc(C(F)(F)F)cc2)C2CCCCN2C1=O. The third-order valence-electron chi connectivity index (χ3n) is 4.26. The number of carbonyl (C=O) groups excluding carboxylic acids is 1. The van der Waals surface area contributed by atoms with Gasteiger partial charge < -0.3 is 9.64 Å². The quantitative estimate of drug-likeness (QED) is 0.837. The van der Waals surface area contributed by atoms with Gasteiger partial charge in [0.15, 0.2) is 5.76 Å². The van der Waals surface area contributed by atoms with E-state index in [1.165, 1.54) is 19.2 Å². The van der Waals surface area contributed by atoms with Crippen molar-refractivity contribution in [1.82, 2.24) is 4.90 Å². The van der Waals surface area contributed by atoms with Crippen LogP contribution in [0.4, 0.5) is 13.2 Å². The molecule has 0 aliphatic carbocycles. The third kappa shape index (κ3) is 2.36. The summed E-state index contributed by atoms with van der Waals surface area (Å²) in [6, 6.07) is 4.84. The number of fused-ring (bicyclic) bond motifs is 1. The fourth-order valence-corrected chi connectivity index (χ4v) is 3.23. The first-order valence-corrected chi connectivity index (χ1v) is 7.20. The van der Waals surface area contributed by atoms with Crippen LogP contribution in [-0.4, -0.2) is 30.5 Å². The molecule has 118 valence electrons. The largest absolute Gasteiger partial charge is 0.491 e. The zero-order valence-corrected chi connectivity index (χ0v) is 12.1. The second-order valence-corrected chi connectivity index (χ2v) is 5.53. The van der Waals surface area contributed by atoms with E-state index < -0.39 is 11.7 Å². The van der Waals surface area contributed by atoms with Gasteiger partial charge in [0.05, 0.1) is 18.7 Å². The number of halogens is 3. The second kappa shape index (κ2) is 5.34. The van der Waals surface area contributed by atoms with Crippen LogP contribution in [0.15, 0.2) is 30.0 Å². The number of hydrogen-bond acceptors (Lipinski definition) is 2. The molecule has 0 saturated carbocycles. The molecule has 1 atom stereocenters. The van der Waals surface area contributed by atoms with Crippen molar-refractivity contribution in [2.24, 2.45) is 0 Å². The van der Waals surface area contributed by atoms with Crippen molar-refractivity contribution in [3.63, 3.8) is 0 Å². The number of carbonyl (C=O) groups is 1. The van der Waals surface area contributed by atoms with Gasteiger partial charge in [0.2, 0.25) is 0 Å². The molecule has 0 N–H and O–H groups in total. The van der Waals surface area contributed by atoms with E-state index in [4.69, 9.17) is 4.74 Å². The van der Waals surface area contributed by atoms with Crippen LogP contribution in [0.3, 0.4) is 0 Å². The first-order valence-electron chi connectivity index (χ1n) is 7.20. The Morgan fingerprint density at radius 2 is 1.86 bits per heavy atom. The summed E-state index contributed by atoms with van der Waals surface area (Å²) in [4.78, 5) is 14.1. The Morgan fingerprint density at radius 1 is 1.18 bits per heavy atom. The van der Waals surface area contributed by atoms with Crippen LogP contribution in [0.1, 0.15) is 30.4 Å². The lowest BCUT2D eigenvalue weighted by Gasteiger charge is -2.31. The van der Waals surface area contributed by atoms with Crippen molar-refractivity contribution in [3.8, 4) is 0 Å². The molecule has 3 rings (SSSR count). The van der Waals surface area contributed by atoms with Crippen molar-refractivity contribution < 1.29 is 22.7 Å². The van der Waals surface area contributed by atoms with Crippen LogP contribution in [0.2, 0.25) is 0 Å². The number of hydrogen-bond donors (Lipinski definition) is 0. The molecule has 3 nitrogen and oxygen atoms in total. The van der Waals surface area contributed by atoms with E-state index in [2.05, 4.69) is 0 Å². The van der Waals surface area contributed by atoms with Gasteiger partial charge in [-0.2, -0.15) is 13.2 Å². The average molecular weight is 311 g/mol. The highest BCUT2D eigenvalue weighted by molar-refractivity contribution is 6.05. The number of rotatable bonds is 2. The standard InChI is InChI=1S/C16H16F3NO2/c1-22-14-13(12-4-2-3-9-20(12)15(14)21)10-5-7-11(8-6-10)16(17,18)19/h5-8,12H,2-4,9H2,1H3. The van der Waals surface area contributed by atoms with Crippen LogP contribution in [0, 0.1) is 0 Å². The van der Waals surface area contributed by atoms with Crippen LogP contribution in [-0.2, 0) is 15.7 Å². The Hall–Kier alpha value is -1.98. The highest BCUT2D eigenvalue weighted by Gasteiger charge is 2.42. The summed E-state index contributed by atoms with van der Waals surface area (Å²) >= 11 is 0. The minimum absolute atomic E-state index is 0.0899. The molecule has 6 heteroatoms.